The summed E-state index contributed by atoms with van der Waals surface area (Å²) in [5.74, 6) is 0.137. The maximum Gasteiger partial charge on any atom is 0.339 e. The Kier molecular flexibility index (Phi) is 12.2. The molecule has 1 fully saturated rings. The van der Waals surface area contributed by atoms with Gasteiger partial charge in [0.2, 0.25) is 5.69 Å². The molecule has 0 spiro atoms. The van der Waals surface area contributed by atoms with Crippen molar-refractivity contribution in [2.24, 2.45) is 23.7 Å². The van der Waals surface area contributed by atoms with Crippen molar-refractivity contribution in [1.29, 1.82) is 0 Å². The number of aromatic carboxylic acids is 1. The van der Waals surface area contributed by atoms with E-state index in [1.165, 1.54) is 6.07 Å². The highest BCUT2D eigenvalue weighted by atomic mass is 16.5. The highest BCUT2D eigenvalue weighted by molar-refractivity contribution is 6.04. The number of nitrogens with one attached hydrogen (secondary N) is 2. The van der Waals surface area contributed by atoms with E-state index in [4.69, 9.17) is 30.5 Å². The van der Waals surface area contributed by atoms with Crippen molar-refractivity contribution in [3.63, 3.8) is 0 Å². The summed E-state index contributed by atoms with van der Waals surface area (Å²) in [6, 6.07) is 18.1. The van der Waals surface area contributed by atoms with Crippen LogP contribution in [0.5, 0.6) is 11.5 Å². The van der Waals surface area contributed by atoms with Crippen molar-refractivity contribution in [2.75, 3.05) is 12.0 Å². The van der Waals surface area contributed by atoms with E-state index in [9.17, 15) is 19.5 Å². The third-order valence-corrected chi connectivity index (χ3v) is 10.6. The highest BCUT2D eigenvalue weighted by Crippen LogP contribution is 2.42. The van der Waals surface area contributed by atoms with Gasteiger partial charge in [-0.2, -0.15) is 0 Å². The fourth-order valence-corrected chi connectivity index (χ4v) is 7.92. The number of esters is 1. The summed E-state index contributed by atoms with van der Waals surface area (Å²) in [7, 11) is 0. The topological polar surface area (TPSA) is 158 Å². The fourth-order valence-electron chi connectivity index (χ4n) is 7.92. The standard InChI is InChI=1S/C44H49N5O8/c1-24(2)39(56-23-50)38-37(45-8)36(44(53)57-40-28(6)17-26(4)18-29(40)7)42-47-41(48-49(38)42)30-15-14-27(5)33(20-30)46-22-55-34-12-10-9-11-31(34)21-54-35-19-25(3)13-16-32(35)43(51)52/h9-16,19-20,23-24,26,28-29,39-40,46H,17-18,21-22H2,1-7H3,(H,47,48)(H,51,52). The van der Waals surface area contributed by atoms with Crippen LogP contribution in [0, 0.1) is 44.1 Å². The number of carboxylic acid groups (broad SMARTS) is 1. The minimum atomic E-state index is -1.07. The lowest BCUT2D eigenvalue weighted by Crippen LogP contribution is -2.37. The number of benzene rings is 3. The number of anilines is 1. The maximum absolute atomic E-state index is 14.1. The second kappa shape index (κ2) is 17.2. The van der Waals surface area contributed by atoms with Gasteiger partial charge in [0.05, 0.1) is 12.3 Å². The molecule has 0 saturated heterocycles. The highest BCUT2D eigenvalue weighted by Gasteiger charge is 2.38. The molecule has 13 heteroatoms. The predicted octanol–water partition coefficient (Wildman–Crippen LogP) is 9.32. The zero-order chi connectivity index (χ0) is 41.0. The average Bonchev–Trinajstić information content (AvgIpc) is 3.72. The van der Waals surface area contributed by atoms with Crippen LogP contribution in [0.3, 0.4) is 0 Å². The van der Waals surface area contributed by atoms with E-state index in [-0.39, 0.29) is 65.4 Å². The van der Waals surface area contributed by atoms with Crippen LogP contribution in [-0.2, 0) is 20.9 Å². The number of fused-ring (bicyclic) bond motifs is 1. The lowest BCUT2D eigenvalue weighted by atomic mass is 9.75. The van der Waals surface area contributed by atoms with Crippen molar-refractivity contribution in [1.82, 2.24) is 14.6 Å². The molecule has 3 atom stereocenters. The molecule has 0 amide bonds. The Bertz CT molecular complexity index is 2310. The molecule has 3 unspecified atom stereocenters. The monoisotopic (exact) mass is 775 g/mol. The number of aromatic nitrogens is 3. The van der Waals surface area contributed by atoms with Crippen LogP contribution in [0.15, 0.2) is 60.7 Å². The Morgan fingerprint density at radius 2 is 1.77 bits per heavy atom. The number of carboxylic acids is 1. The lowest BCUT2D eigenvalue weighted by molar-refractivity contribution is -0.136. The summed E-state index contributed by atoms with van der Waals surface area (Å²) >= 11 is 0. The molecule has 1 aliphatic carbocycles. The zero-order valence-corrected chi connectivity index (χ0v) is 33.3. The van der Waals surface area contributed by atoms with E-state index >= 15 is 0 Å². The van der Waals surface area contributed by atoms with Gasteiger partial charge in [0, 0.05) is 16.8 Å². The van der Waals surface area contributed by atoms with Crippen LogP contribution in [0.2, 0.25) is 0 Å². The number of aromatic amines is 1. The number of para-hydroxylation sites is 1. The number of ether oxygens (including phenoxy) is 4. The van der Waals surface area contributed by atoms with Gasteiger partial charge in [-0.3, -0.25) is 9.89 Å². The van der Waals surface area contributed by atoms with Gasteiger partial charge in [0.1, 0.15) is 41.4 Å². The van der Waals surface area contributed by atoms with Crippen LogP contribution in [0.4, 0.5) is 11.4 Å². The third-order valence-electron chi connectivity index (χ3n) is 10.6. The summed E-state index contributed by atoms with van der Waals surface area (Å²) < 4.78 is 25.4. The lowest BCUT2D eigenvalue weighted by Gasteiger charge is -2.37. The molecule has 0 radical (unpaired) electrons. The van der Waals surface area contributed by atoms with Gasteiger partial charge in [0.25, 0.3) is 6.47 Å². The first-order valence-electron chi connectivity index (χ1n) is 19.1. The van der Waals surface area contributed by atoms with Crippen LogP contribution < -0.4 is 14.8 Å². The molecule has 3 N–H and O–H groups in total. The molecule has 57 heavy (non-hydrogen) atoms. The first-order valence-corrected chi connectivity index (χ1v) is 19.1. The molecule has 13 nitrogen and oxygen atoms in total. The van der Waals surface area contributed by atoms with Crippen molar-refractivity contribution >= 4 is 35.4 Å². The Labute approximate surface area is 332 Å². The summed E-state index contributed by atoms with van der Waals surface area (Å²) in [5.41, 5.74) is 4.66. The maximum atomic E-state index is 14.1. The molecule has 298 valence electrons. The van der Waals surface area contributed by atoms with Gasteiger partial charge >= 0.3 is 11.9 Å². The molecular weight excluding hydrogens is 727 g/mol. The largest absolute Gasteiger partial charge is 0.488 e. The SMILES string of the molecule is [C-]#[N+]c1c(C(=O)OC2C(C)CC(C)CC2C)c2nc(-c3ccc(C)c(NCOc4ccccc4COc4cc(C)ccc4C(=O)O)c3)[nH]n2c1C(OC=O)C(C)C. The predicted molar refractivity (Wildman–Crippen MR) is 215 cm³/mol. The van der Waals surface area contributed by atoms with E-state index in [0.29, 0.717) is 35.2 Å². The number of hydrogen-bond donors (Lipinski definition) is 3. The number of carbonyl (C=O) groups is 3. The van der Waals surface area contributed by atoms with Crippen LogP contribution in [0.25, 0.3) is 21.9 Å². The second-order valence-corrected chi connectivity index (χ2v) is 15.4. The molecule has 0 aliphatic heterocycles. The summed E-state index contributed by atoms with van der Waals surface area (Å²) in [4.78, 5) is 46.2. The van der Waals surface area contributed by atoms with E-state index in [1.807, 2.05) is 70.2 Å². The quantitative estimate of drug-likeness (QED) is 0.0405. The van der Waals surface area contributed by atoms with E-state index in [0.717, 1.165) is 35.2 Å². The molecule has 6 rings (SSSR count). The van der Waals surface area contributed by atoms with Crippen molar-refractivity contribution in [3.8, 4) is 22.9 Å². The van der Waals surface area contributed by atoms with Crippen LogP contribution >= 0.6 is 0 Å². The van der Waals surface area contributed by atoms with Gasteiger partial charge < -0.3 is 29.4 Å². The van der Waals surface area contributed by atoms with Gasteiger partial charge in [-0.15, -0.1) is 0 Å². The number of carbonyl (C=O) groups excluding carboxylic acids is 2. The molecule has 1 aliphatic rings. The summed E-state index contributed by atoms with van der Waals surface area (Å²) in [6.45, 7) is 22.6. The van der Waals surface area contributed by atoms with Gasteiger partial charge in [0.15, 0.2) is 18.2 Å². The fraction of sp³-hybridized carbons (Fsp3) is 0.386. The van der Waals surface area contributed by atoms with E-state index in [1.54, 1.807) is 16.6 Å². The number of H-pyrrole nitrogens is 1. The molecule has 1 saturated carbocycles. The Morgan fingerprint density at radius 3 is 2.46 bits per heavy atom. The summed E-state index contributed by atoms with van der Waals surface area (Å²) in [6.07, 6.45) is 0.700. The number of nitrogens with zero attached hydrogens (tertiary/aromatic N) is 3. The Hall–Kier alpha value is -6.29. The molecule has 0 bridgehead atoms. The van der Waals surface area contributed by atoms with Gasteiger partial charge in [-0.25, -0.2) is 23.9 Å². The zero-order valence-electron chi connectivity index (χ0n) is 33.3. The number of hydrogen-bond acceptors (Lipinski definition) is 9. The minimum Gasteiger partial charge on any atom is -0.488 e. The molecule has 2 aromatic heterocycles. The first-order chi connectivity index (χ1) is 27.3. The van der Waals surface area contributed by atoms with Crippen LogP contribution in [0.1, 0.15) is 96.7 Å². The number of aryl methyl sites for hydroxylation is 2. The molecule has 3 aromatic carbocycles. The Morgan fingerprint density at radius 1 is 1.04 bits per heavy atom. The second-order valence-electron chi connectivity index (χ2n) is 15.4. The van der Waals surface area contributed by atoms with Crippen molar-refractivity contribution < 1.29 is 38.4 Å². The van der Waals surface area contributed by atoms with Crippen molar-refractivity contribution in [3.05, 3.63) is 106 Å². The smallest absolute Gasteiger partial charge is 0.339 e. The summed E-state index contributed by atoms with van der Waals surface area (Å²) in [5, 5.41) is 16.2. The van der Waals surface area contributed by atoms with Crippen LogP contribution in [-0.4, -0.2) is 51.0 Å². The van der Waals surface area contributed by atoms with Gasteiger partial charge in [-0.05, 0) is 85.8 Å². The van der Waals surface area contributed by atoms with Gasteiger partial charge in [-0.1, -0.05) is 71.0 Å². The van der Waals surface area contributed by atoms with E-state index < -0.39 is 18.0 Å². The van der Waals surface area contributed by atoms with E-state index in [2.05, 4.69) is 36.0 Å². The molecular formula is C44H49N5O8. The molecule has 5 aromatic rings. The normalized spacial score (nSPS) is 18.4. The number of rotatable bonds is 15. The first kappa shape index (κ1) is 40.4. The Balaban J connectivity index is 1.27. The third kappa shape index (κ3) is 8.60. The van der Waals surface area contributed by atoms with Crippen molar-refractivity contribution in [2.45, 2.75) is 80.1 Å². The average molecular weight is 776 g/mol. The molecule has 2 heterocycles. The minimum absolute atomic E-state index is 0.0313.